The Bertz CT molecular complexity index is 128. The second-order valence-corrected chi connectivity index (χ2v) is 5.36. The van der Waals surface area contributed by atoms with Crippen LogP contribution >= 0.6 is 11.8 Å². The summed E-state index contributed by atoms with van der Waals surface area (Å²) in [6.45, 7) is 0. The summed E-state index contributed by atoms with van der Waals surface area (Å²) in [7, 11) is 0. The van der Waals surface area contributed by atoms with Gasteiger partial charge in [-0.1, -0.05) is 25.7 Å². The summed E-state index contributed by atoms with van der Waals surface area (Å²) < 4.78 is 0. The first-order valence-corrected chi connectivity index (χ1v) is 6.94. The van der Waals surface area contributed by atoms with Crippen molar-refractivity contribution in [1.29, 1.82) is 0 Å². The van der Waals surface area contributed by atoms with Crippen molar-refractivity contribution in [3.63, 3.8) is 0 Å². The molecule has 2 heteroatoms. The van der Waals surface area contributed by atoms with Crippen LogP contribution in [0.5, 0.6) is 0 Å². The zero-order valence-corrected chi connectivity index (χ0v) is 9.67. The third-order valence-corrected chi connectivity index (χ3v) is 3.82. The third-order valence-electron chi connectivity index (χ3n) is 3.12. The van der Waals surface area contributed by atoms with E-state index in [0.29, 0.717) is 0 Å². The number of hydrogen-bond donors (Lipinski definition) is 1. The first kappa shape index (κ1) is 11.4. The SMILES string of the molecule is CSCCCC1(N)CCCCCC1. The van der Waals surface area contributed by atoms with Gasteiger partial charge in [0.15, 0.2) is 0 Å². The van der Waals surface area contributed by atoms with Crippen LogP contribution < -0.4 is 5.73 Å². The molecule has 1 aliphatic rings. The van der Waals surface area contributed by atoms with Crippen molar-refractivity contribution in [3.05, 3.63) is 0 Å². The lowest BCUT2D eigenvalue weighted by atomic mass is 9.87. The van der Waals surface area contributed by atoms with Crippen LogP contribution in [0.3, 0.4) is 0 Å². The maximum atomic E-state index is 6.39. The number of thioether (sulfide) groups is 1. The minimum Gasteiger partial charge on any atom is -0.325 e. The zero-order chi connectivity index (χ0) is 9.57. The second-order valence-electron chi connectivity index (χ2n) is 4.37. The molecule has 0 saturated heterocycles. The van der Waals surface area contributed by atoms with Crippen LogP contribution in [0.2, 0.25) is 0 Å². The summed E-state index contributed by atoms with van der Waals surface area (Å²) in [5.74, 6) is 1.28. The van der Waals surface area contributed by atoms with E-state index in [9.17, 15) is 0 Å². The van der Waals surface area contributed by atoms with Crippen LogP contribution in [0.1, 0.15) is 51.4 Å². The largest absolute Gasteiger partial charge is 0.325 e. The highest BCUT2D eigenvalue weighted by Gasteiger charge is 2.24. The van der Waals surface area contributed by atoms with Gasteiger partial charge in [0.1, 0.15) is 0 Å². The van der Waals surface area contributed by atoms with E-state index < -0.39 is 0 Å². The van der Waals surface area contributed by atoms with Crippen LogP contribution in [-0.4, -0.2) is 17.5 Å². The molecule has 0 aromatic carbocycles. The number of nitrogens with two attached hydrogens (primary N) is 1. The number of rotatable bonds is 4. The summed E-state index contributed by atoms with van der Waals surface area (Å²) in [4.78, 5) is 0. The van der Waals surface area contributed by atoms with Crippen molar-refractivity contribution in [2.45, 2.75) is 56.9 Å². The standard InChI is InChI=1S/C11H23NS/c1-13-10-6-9-11(12)7-4-2-3-5-8-11/h2-10,12H2,1H3. The van der Waals surface area contributed by atoms with Gasteiger partial charge in [-0.3, -0.25) is 0 Å². The molecule has 1 saturated carbocycles. The first-order chi connectivity index (χ1) is 6.27. The fourth-order valence-corrected chi connectivity index (χ4v) is 2.68. The van der Waals surface area contributed by atoms with E-state index in [2.05, 4.69) is 6.26 Å². The van der Waals surface area contributed by atoms with Gasteiger partial charge in [0, 0.05) is 5.54 Å². The predicted molar refractivity (Wildman–Crippen MR) is 62.2 cm³/mol. The fourth-order valence-electron chi connectivity index (χ4n) is 2.25. The molecule has 0 heterocycles. The summed E-state index contributed by atoms with van der Waals surface area (Å²) in [5, 5.41) is 0. The average molecular weight is 201 g/mol. The molecular formula is C11H23NS. The Morgan fingerprint density at radius 1 is 1.15 bits per heavy atom. The lowest BCUT2D eigenvalue weighted by Gasteiger charge is -2.27. The Kier molecular flexibility index (Phi) is 5.18. The maximum Gasteiger partial charge on any atom is 0.0154 e. The van der Waals surface area contributed by atoms with Gasteiger partial charge in [-0.2, -0.15) is 11.8 Å². The van der Waals surface area contributed by atoms with Gasteiger partial charge in [-0.05, 0) is 37.7 Å². The smallest absolute Gasteiger partial charge is 0.0154 e. The molecule has 13 heavy (non-hydrogen) atoms. The fraction of sp³-hybridized carbons (Fsp3) is 1.00. The van der Waals surface area contributed by atoms with E-state index in [1.807, 2.05) is 11.8 Å². The van der Waals surface area contributed by atoms with Gasteiger partial charge in [0.2, 0.25) is 0 Å². The topological polar surface area (TPSA) is 26.0 Å². The van der Waals surface area contributed by atoms with Crippen molar-refractivity contribution in [1.82, 2.24) is 0 Å². The first-order valence-electron chi connectivity index (χ1n) is 5.55. The van der Waals surface area contributed by atoms with E-state index in [-0.39, 0.29) is 5.54 Å². The lowest BCUT2D eigenvalue weighted by Crippen LogP contribution is -2.39. The molecule has 1 nitrogen and oxygen atoms in total. The molecule has 0 amide bonds. The molecule has 0 atom stereocenters. The van der Waals surface area contributed by atoms with Crippen molar-refractivity contribution in [2.24, 2.45) is 5.73 Å². The second kappa shape index (κ2) is 5.92. The van der Waals surface area contributed by atoms with Gasteiger partial charge >= 0.3 is 0 Å². The van der Waals surface area contributed by atoms with E-state index >= 15 is 0 Å². The molecule has 1 rings (SSSR count). The van der Waals surface area contributed by atoms with Crippen LogP contribution in [0.4, 0.5) is 0 Å². The Hall–Kier alpha value is 0.310. The molecule has 0 aromatic rings. The van der Waals surface area contributed by atoms with E-state index in [0.717, 1.165) is 0 Å². The van der Waals surface area contributed by atoms with Crippen molar-refractivity contribution >= 4 is 11.8 Å². The van der Waals surface area contributed by atoms with Gasteiger partial charge < -0.3 is 5.73 Å². The predicted octanol–water partition coefficient (Wildman–Crippen LogP) is 3.18. The Morgan fingerprint density at radius 3 is 2.31 bits per heavy atom. The van der Waals surface area contributed by atoms with Gasteiger partial charge in [0.05, 0.1) is 0 Å². The van der Waals surface area contributed by atoms with Gasteiger partial charge in [0.25, 0.3) is 0 Å². The molecule has 0 radical (unpaired) electrons. The summed E-state index contributed by atoms with van der Waals surface area (Å²) in [6.07, 6.45) is 12.8. The minimum absolute atomic E-state index is 0.201. The molecule has 1 fully saturated rings. The normalized spacial score (nSPS) is 22.6. The van der Waals surface area contributed by atoms with Crippen LogP contribution in [0.25, 0.3) is 0 Å². The maximum absolute atomic E-state index is 6.39. The third kappa shape index (κ3) is 4.37. The molecule has 0 aliphatic heterocycles. The molecule has 1 aliphatic carbocycles. The van der Waals surface area contributed by atoms with Gasteiger partial charge in [-0.15, -0.1) is 0 Å². The highest BCUT2D eigenvalue weighted by Crippen LogP contribution is 2.28. The van der Waals surface area contributed by atoms with Crippen LogP contribution in [-0.2, 0) is 0 Å². The molecule has 78 valence electrons. The Balaban J connectivity index is 2.25. The van der Waals surface area contributed by atoms with Crippen LogP contribution in [0.15, 0.2) is 0 Å². The molecule has 2 N–H and O–H groups in total. The van der Waals surface area contributed by atoms with E-state index in [4.69, 9.17) is 5.73 Å². The van der Waals surface area contributed by atoms with E-state index in [1.54, 1.807) is 0 Å². The minimum atomic E-state index is 0.201. The highest BCUT2D eigenvalue weighted by atomic mass is 32.2. The molecule has 0 unspecified atom stereocenters. The number of hydrogen-bond acceptors (Lipinski definition) is 2. The molecular weight excluding hydrogens is 178 g/mol. The van der Waals surface area contributed by atoms with Gasteiger partial charge in [-0.25, -0.2) is 0 Å². The average Bonchev–Trinajstić information content (AvgIpc) is 2.31. The molecule has 0 bridgehead atoms. The van der Waals surface area contributed by atoms with Crippen molar-refractivity contribution in [3.8, 4) is 0 Å². The summed E-state index contributed by atoms with van der Waals surface area (Å²) in [6, 6.07) is 0. The van der Waals surface area contributed by atoms with Crippen molar-refractivity contribution < 1.29 is 0 Å². The Morgan fingerprint density at radius 2 is 1.77 bits per heavy atom. The van der Waals surface area contributed by atoms with Crippen LogP contribution in [0, 0.1) is 0 Å². The molecule has 0 aromatic heterocycles. The molecule has 0 spiro atoms. The van der Waals surface area contributed by atoms with Crippen molar-refractivity contribution in [2.75, 3.05) is 12.0 Å². The summed E-state index contributed by atoms with van der Waals surface area (Å²) >= 11 is 1.94. The zero-order valence-electron chi connectivity index (χ0n) is 8.85. The Labute approximate surface area is 86.8 Å². The summed E-state index contributed by atoms with van der Waals surface area (Å²) in [5.41, 5.74) is 6.59. The quantitative estimate of drug-likeness (QED) is 0.558. The monoisotopic (exact) mass is 201 g/mol. The van der Waals surface area contributed by atoms with E-state index in [1.165, 1.54) is 57.1 Å². The lowest BCUT2D eigenvalue weighted by molar-refractivity contribution is 0.343. The highest BCUT2D eigenvalue weighted by molar-refractivity contribution is 7.98.